The lowest BCUT2D eigenvalue weighted by atomic mass is 9.90. The van der Waals surface area contributed by atoms with Crippen LogP contribution in [-0.4, -0.2) is 11.9 Å². The number of fused-ring (bicyclic) bond motifs is 1. The summed E-state index contributed by atoms with van der Waals surface area (Å²) in [5, 5.41) is 3.17. The van der Waals surface area contributed by atoms with Gasteiger partial charge in [0.05, 0.1) is 10.7 Å². The van der Waals surface area contributed by atoms with Gasteiger partial charge in [-0.05, 0) is 38.5 Å². The average Bonchev–Trinajstić information content (AvgIpc) is 2.45. The van der Waals surface area contributed by atoms with Gasteiger partial charge in [-0.3, -0.25) is 10.1 Å². The fraction of sp³-hybridized carbons (Fsp3) is 0.222. The van der Waals surface area contributed by atoms with Crippen molar-refractivity contribution >= 4 is 29.2 Å². The van der Waals surface area contributed by atoms with Crippen molar-refractivity contribution < 1.29 is 14.3 Å². The molecule has 0 fully saturated rings. The highest BCUT2D eigenvalue weighted by molar-refractivity contribution is 6.35. The minimum absolute atomic E-state index is 0.00291. The standard InChI is InChI=1S/C18H16ClNO3/c1-10(21)11-5-4-6-12(9-11)13-7-8-14-15(16(13)19)18(2,3)23-17(22)20-14/h4-9H,1-3H3,(H,20,22). The molecule has 0 bridgehead atoms. The minimum atomic E-state index is -0.830. The lowest BCUT2D eigenvalue weighted by Crippen LogP contribution is -2.35. The van der Waals surface area contributed by atoms with Crippen molar-refractivity contribution in [2.24, 2.45) is 0 Å². The number of cyclic esters (lactones) is 1. The second-order valence-corrected chi connectivity index (χ2v) is 6.39. The Hall–Kier alpha value is -2.33. The molecule has 0 saturated carbocycles. The van der Waals surface area contributed by atoms with Crippen LogP contribution < -0.4 is 5.32 Å². The van der Waals surface area contributed by atoms with Crippen molar-refractivity contribution in [3.05, 3.63) is 52.5 Å². The van der Waals surface area contributed by atoms with E-state index in [1.165, 1.54) is 6.92 Å². The summed E-state index contributed by atoms with van der Waals surface area (Å²) < 4.78 is 5.35. The number of amides is 1. The van der Waals surface area contributed by atoms with Gasteiger partial charge in [0.2, 0.25) is 0 Å². The molecule has 0 unspecified atom stereocenters. The molecule has 2 aromatic rings. The second kappa shape index (κ2) is 5.39. The summed E-state index contributed by atoms with van der Waals surface area (Å²) >= 11 is 6.61. The SMILES string of the molecule is CC(=O)c1cccc(-c2ccc3c(c2Cl)C(C)(C)OC(=O)N3)c1. The molecule has 1 aliphatic rings. The maximum atomic E-state index is 11.6. The molecule has 0 radical (unpaired) electrons. The smallest absolute Gasteiger partial charge is 0.412 e. The van der Waals surface area contributed by atoms with E-state index in [0.717, 1.165) is 16.7 Å². The number of ketones is 1. The third-order valence-electron chi connectivity index (χ3n) is 3.91. The van der Waals surface area contributed by atoms with Crippen LogP contribution >= 0.6 is 11.6 Å². The zero-order valence-corrected chi connectivity index (χ0v) is 13.8. The topological polar surface area (TPSA) is 55.4 Å². The largest absolute Gasteiger partial charge is 0.438 e. The number of ether oxygens (including phenoxy) is 1. The quantitative estimate of drug-likeness (QED) is 0.788. The zero-order valence-electron chi connectivity index (χ0n) is 13.1. The van der Waals surface area contributed by atoms with Gasteiger partial charge in [-0.15, -0.1) is 0 Å². The highest BCUT2D eigenvalue weighted by Crippen LogP contribution is 2.44. The first-order valence-corrected chi connectivity index (χ1v) is 7.62. The van der Waals surface area contributed by atoms with Gasteiger partial charge in [0.15, 0.2) is 5.78 Å². The number of nitrogens with one attached hydrogen (secondary N) is 1. The molecule has 3 rings (SSSR count). The van der Waals surface area contributed by atoms with Gasteiger partial charge in [0.1, 0.15) is 5.60 Å². The molecule has 4 nitrogen and oxygen atoms in total. The van der Waals surface area contributed by atoms with Gasteiger partial charge in [-0.25, -0.2) is 4.79 Å². The molecule has 0 atom stereocenters. The molecule has 1 heterocycles. The lowest BCUT2D eigenvalue weighted by Gasteiger charge is -2.33. The Balaban J connectivity index is 2.19. The van der Waals surface area contributed by atoms with Crippen molar-refractivity contribution in [1.82, 2.24) is 0 Å². The Labute approximate surface area is 139 Å². The predicted octanol–water partition coefficient (Wildman–Crippen LogP) is 5.01. The predicted molar refractivity (Wildman–Crippen MR) is 90.0 cm³/mol. The van der Waals surface area contributed by atoms with E-state index >= 15 is 0 Å². The van der Waals surface area contributed by atoms with Crippen molar-refractivity contribution in [2.75, 3.05) is 5.32 Å². The van der Waals surface area contributed by atoms with E-state index in [1.54, 1.807) is 26.0 Å². The van der Waals surface area contributed by atoms with E-state index in [4.69, 9.17) is 16.3 Å². The Morgan fingerprint density at radius 3 is 2.65 bits per heavy atom. The number of Topliss-reactive ketones (excluding diaryl/α,β-unsaturated/α-hetero) is 1. The third kappa shape index (κ3) is 2.70. The number of benzene rings is 2. The van der Waals surface area contributed by atoms with E-state index in [1.807, 2.05) is 24.3 Å². The highest BCUT2D eigenvalue weighted by atomic mass is 35.5. The maximum Gasteiger partial charge on any atom is 0.412 e. The number of carbonyl (C=O) groups excluding carboxylic acids is 2. The van der Waals surface area contributed by atoms with Gasteiger partial charge in [-0.2, -0.15) is 0 Å². The van der Waals surface area contributed by atoms with Crippen LogP contribution in [0.3, 0.4) is 0 Å². The number of hydrogen-bond acceptors (Lipinski definition) is 3. The number of rotatable bonds is 2. The Kier molecular flexibility index (Phi) is 3.65. The summed E-state index contributed by atoms with van der Waals surface area (Å²) in [5.74, 6) is -0.00291. The number of hydrogen-bond donors (Lipinski definition) is 1. The molecule has 0 aromatic heterocycles. The molecule has 2 aromatic carbocycles. The van der Waals surface area contributed by atoms with E-state index in [9.17, 15) is 9.59 Å². The Morgan fingerprint density at radius 1 is 1.22 bits per heavy atom. The summed E-state index contributed by atoms with van der Waals surface area (Å²) in [5.41, 5.74) is 2.80. The first kappa shape index (κ1) is 15.6. The van der Waals surface area contributed by atoms with Crippen LogP contribution in [-0.2, 0) is 10.3 Å². The second-order valence-electron chi connectivity index (χ2n) is 6.01. The average molecular weight is 330 g/mol. The monoisotopic (exact) mass is 329 g/mol. The Morgan fingerprint density at radius 2 is 1.96 bits per heavy atom. The van der Waals surface area contributed by atoms with Crippen LogP contribution in [0.2, 0.25) is 5.02 Å². The summed E-state index contributed by atoms with van der Waals surface area (Å²) in [4.78, 5) is 23.2. The summed E-state index contributed by atoms with van der Waals surface area (Å²) in [6, 6.07) is 10.9. The fourth-order valence-corrected chi connectivity index (χ4v) is 3.32. The molecule has 0 spiro atoms. The number of anilines is 1. The summed E-state index contributed by atoms with van der Waals surface area (Å²) in [6.07, 6.45) is -0.495. The van der Waals surface area contributed by atoms with Crippen molar-refractivity contribution in [3.63, 3.8) is 0 Å². The first-order chi connectivity index (χ1) is 10.8. The van der Waals surface area contributed by atoms with Crippen molar-refractivity contribution in [2.45, 2.75) is 26.4 Å². The molecular formula is C18H16ClNO3. The van der Waals surface area contributed by atoms with Crippen LogP contribution in [0.25, 0.3) is 11.1 Å². The minimum Gasteiger partial charge on any atom is -0.438 e. The molecule has 1 amide bonds. The van der Waals surface area contributed by atoms with Gasteiger partial charge in [-0.1, -0.05) is 35.9 Å². The molecule has 0 saturated heterocycles. The van der Waals surface area contributed by atoms with E-state index in [-0.39, 0.29) is 5.78 Å². The molecule has 23 heavy (non-hydrogen) atoms. The van der Waals surface area contributed by atoms with Gasteiger partial charge >= 0.3 is 6.09 Å². The van der Waals surface area contributed by atoms with Crippen LogP contribution in [0.4, 0.5) is 10.5 Å². The summed E-state index contributed by atoms with van der Waals surface area (Å²) in [6.45, 7) is 5.12. The van der Waals surface area contributed by atoms with Gasteiger partial charge in [0, 0.05) is 16.7 Å². The molecule has 1 aliphatic heterocycles. The van der Waals surface area contributed by atoms with E-state index < -0.39 is 11.7 Å². The van der Waals surface area contributed by atoms with Gasteiger partial charge in [0.25, 0.3) is 0 Å². The lowest BCUT2D eigenvalue weighted by molar-refractivity contribution is 0.0421. The molecule has 0 aliphatic carbocycles. The molecule has 5 heteroatoms. The van der Waals surface area contributed by atoms with Crippen molar-refractivity contribution in [1.29, 1.82) is 0 Å². The highest BCUT2D eigenvalue weighted by Gasteiger charge is 2.36. The summed E-state index contributed by atoms with van der Waals surface area (Å²) in [7, 11) is 0. The normalized spacial score (nSPS) is 15.4. The van der Waals surface area contributed by atoms with Crippen molar-refractivity contribution in [3.8, 4) is 11.1 Å². The number of carbonyl (C=O) groups is 2. The van der Waals surface area contributed by atoms with Crippen LogP contribution in [0.1, 0.15) is 36.7 Å². The van der Waals surface area contributed by atoms with E-state index in [2.05, 4.69) is 5.32 Å². The maximum absolute atomic E-state index is 11.6. The van der Waals surface area contributed by atoms with Crippen LogP contribution in [0.15, 0.2) is 36.4 Å². The first-order valence-electron chi connectivity index (χ1n) is 7.24. The fourth-order valence-electron chi connectivity index (χ4n) is 2.82. The molecule has 118 valence electrons. The Bertz CT molecular complexity index is 827. The van der Waals surface area contributed by atoms with Gasteiger partial charge < -0.3 is 4.74 Å². The molecule has 1 N–H and O–H groups in total. The third-order valence-corrected chi connectivity index (χ3v) is 4.30. The molecular weight excluding hydrogens is 314 g/mol. The zero-order chi connectivity index (χ0) is 16.8. The van der Waals surface area contributed by atoms with Crippen LogP contribution in [0, 0.1) is 0 Å². The number of halogens is 1. The van der Waals surface area contributed by atoms with Crippen LogP contribution in [0.5, 0.6) is 0 Å². The van der Waals surface area contributed by atoms with E-state index in [0.29, 0.717) is 16.3 Å².